The zero-order valence-electron chi connectivity index (χ0n) is 10.5. The molecule has 4 heteroatoms. The third-order valence-corrected chi connectivity index (χ3v) is 4.20. The van der Waals surface area contributed by atoms with E-state index in [1.165, 1.54) is 7.11 Å². The van der Waals surface area contributed by atoms with Crippen LogP contribution in [-0.4, -0.2) is 26.0 Å². The van der Waals surface area contributed by atoms with Gasteiger partial charge in [-0.3, -0.25) is 9.59 Å². The minimum atomic E-state index is -0.581. The fourth-order valence-electron chi connectivity index (χ4n) is 3.27. The Labute approximate surface area is 101 Å². The largest absolute Gasteiger partial charge is 0.501 e. The topological polar surface area (TPSA) is 52.6 Å². The quantitative estimate of drug-likeness (QED) is 0.689. The van der Waals surface area contributed by atoms with Crippen LogP contribution < -0.4 is 0 Å². The average molecular weight is 238 g/mol. The monoisotopic (exact) mass is 238 g/mol. The molecule has 1 fully saturated rings. The van der Waals surface area contributed by atoms with Gasteiger partial charge in [-0.2, -0.15) is 0 Å². The van der Waals surface area contributed by atoms with Gasteiger partial charge in [0.25, 0.3) is 0 Å². The molecule has 0 N–H and O–H groups in total. The van der Waals surface area contributed by atoms with Gasteiger partial charge in [0.15, 0.2) is 5.78 Å². The van der Waals surface area contributed by atoms with Crippen molar-refractivity contribution in [2.45, 2.75) is 32.6 Å². The lowest BCUT2D eigenvalue weighted by atomic mass is 9.74. The molecule has 17 heavy (non-hydrogen) atoms. The van der Waals surface area contributed by atoms with Crippen LogP contribution in [0.4, 0.5) is 0 Å². The van der Waals surface area contributed by atoms with Gasteiger partial charge in [0.2, 0.25) is 0 Å². The predicted octanol–water partition coefficient (Wildman–Crippen LogP) is 1.84. The van der Waals surface area contributed by atoms with Crippen LogP contribution in [0.2, 0.25) is 0 Å². The lowest BCUT2D eigenvalue weighted by molar-refractivity contribution is -0.152. The summed E-state index contributed by atoms with van der Waals surface area (Å²) in [6, 6.07) is 0. The number of hydrogen-bond donors (Lipinski definition) is 0. The Morgan fingerprint density at radius 3 is 2.65 bits per heavy atom. The summed E-state index contributed by atoms with van der Waals surface area (Å²) in [4.78, 5) is 24.2. The van der Waals surface area contributed by atoms with E-state index in [9.17, 15) is 9.59 Å². The number of Topliss-reactive ketones (excluding diaryl/α,β-unsaturated/α-hetero) is 1. The van der Waals surface area contributed by atoms with Crippen molar-refractivity contribution in [3.8, 4) is 0 Å². The van der Waals surface area contributed by atoms with E-state index in [0.717, 1.165) is 25.0 Å². The van der Waals surface area contributed by atoms with Crippen LogP contribution in [0.1, 0.15) is 32.6 Å². The molecule has 4 nitrogen and oxygen atoms in total. The van der Waals surface area contributed by atoms with Crippen LogP contribution >= 0.6 is 0 Å². The van der Waals surface area contributed by atoms with Crippen LogP contribution in [0.15, 0.2) is 11.3 Å². The maximum absolute atomic E-state index is 12.4. The highest BCUT2D eigenvalue weighted by Gasteiger charge is 2.56. The molecular weight excluding hydrogens is 220 g/mol. The highest BCUT2D eigenvalue weighted by molar-refractivity contribution is 6.05. The minimum Gasteiger partial charge on any atom is -0.501 e. The van der Waals surface area contributed by atoms with Gasteiger partial charge in [0, 0.05) is 12.0 Å². The van der Waals surface area contributed by atoms with Crippen LogP contribution in [0, 0.1) is 11.3 Å². The van der Waals surface area contributed by atoms with E-state index < -0.39 is 5.41 Å². The molecule has 0 radical (unpaired) electrons. The summed E-state index contributed by atoms with van der Waals surface area (Å²) in [5.74, 6) is 0.233. The molecule has 0 heterocycles. The molecule has 0 aromatic rings. The van der Waals surface area contributed by atoms with Crippen LogP contribution in [-0.2, 0) is 19.1 Å². The maximum atomic E-state index is 12.4. The molecular formula is C13H18O4. The number of ether oxygens (including phenoxy) is 2. The third kappa shape index (κ3) is 1.58. The van der Waals surface area contributed by atoms with Crippen molar-refractivity contribution in [3.05, 3.63) is 11.3 Å². The molecule has 0 aromatic heterocycles. The second kappa shape index (κ2) is 4.17. The van der Waals surface area contributed by atoms with Gasteiger partial charge in [0.05, 0.1) is 25.6 Å². The summed E-state index contributed by atoms with van der Waals surface area (Å²) in [6.07, 6.45) is 2.95. The van der Waals surface area contributed by atoms with Gasteiger partial charge in [-0.15, -0.1) is 0 Å². The number of carbonyl (C=O) groups excluding carboxylic acids is 2. The molecule has 2 aliphatic carbocycles. The summed E-state index contributed by atoms with van der Waals surface area (Å²) < 4.78 is 10.1. The van der Waals surface area contributed by atoms with Crippen molar-refractivity contribution < 1.29 is 19.1 Å². The van der Waals surface area contributed by atoms with Crippen LogP contribution in [0.5, 0.6) is 0 Å². The summed E-state index contributed by atoms with van der Waals surface area (Å²) >= 11 is 0. The van der Waals surface area contributed by atoms with Crippen molar-refractivity contribution >= 4 is 11.8 Å². The Morgan fingerprint density at radius 1 is 1.41 bits per heavy atom. The lowest BCUT2D eigenvalue weighted by Gasteiger charge is -2.27. The van der Waals surface area contributed by atoms with E-state index in [-0.39, 0.29) is 17.7 Å². The second-order valence-electron chi connectivity index (χ2n) is 4.88. The maximum Gasteiger partial charge on any atom is 0.309 e. The SMILES string of the molecule is COC(=O)[C@H]1CCC[C@]12CC(OC)=C(C)C2=O. The van der Waals surface area contributed by atoms with Gasteiger partial charge >= 0.3 is 5.97 Å². The number of esters is 1. The Balaban J connectivity index is 2.33. The van der Waals surface area contributed by atoms with Gasteiger partial charge < -0.3 is 9.47 Å². The van der Waals surface area contributed by atoms with E-state index in [0.29, 0.717) is 12.0 Å². The van der Waals surface area contributed by atoms with Gasteiger partial charge in [-0.25, -0.2) is 0 Å². The molecule has 94 valence electrons. The highest BCUT2D eigenvalue weighted by atomic mass is 16.5. The van der Waals surface area contributed by atoms with Gasteiger partial charge in [-0.05, 0) is 19.8 Å². The first-order chi connectivity index (χ1) is 8.06. The smallest absolute Gasteiger partial charge is 0.309 e. The minimum absolute atomic E-state index is 0.0715. The molecule has 0 saturated heterocycles. The molecule has 1 spiro atoms. The highest BCUT2D eigenvalue weighted by Crippen LogP contribution is 2.54. The Bertz CT molecular complexity index is 396. The van der Waals surface area contributed by atoms with Crippen molar-refractivity contribution in [1.82, 2.24) is 0 Å². The Morgan fingerprint density at radius 2 is 2.12 bits per heavy atom. The first-order valence-electron chi connectivity index (χ1n) is 5.93. The summed E-state index contributed by atoms with van der Waals surface area (Å²) in [5.41, 5.74) is 0.0889. The number of carbonyl (C=O) groups is 2. The second-order valence-corrected chi connectivity index (χ2v) is 4.88. The molecule has 0 aromatic carbocycles. The first kappa shape index (κ1) is 12.1. The summed E-state index contributed by atoms with van der Waals surface area (Å²) in [7, 11) is 2.96. The van der Waals surface area contributed by atoms with Crippen molar-refractivity contribution in [2.24, 2.45) is 11.3 Å². The normalized spacial score (nSPS) is 32.4. The van der Waals surface area contributed by atoms with Crippen LogP contribution in [0.3, 0.4) is 0 Å². The fraction of sp³-hybridized carbons (Fsp3) is 0.692. The van der Waals surface area contributed by atoms with Gasteiger partial charge in [-0.1, -0.05) is 6.42 Å². The summed E-state index contributed by atoms with van der Waals surface area (Å²) in [5, 5.41) is 0. The van der Waals surface area contributed by atoms with Gasteiger partial charge in [0.1, 0.15) is 5.76 Å². The van der Waals surface area contributed by atoms with E-state index in [1.54, 1.807) is 14.0 Å². The van der Waals surface area contributed by atoms with Crippen LogP contribution in [0.25, 0.3) is 0 Å². The third-order valence-electron chi connectivity index (χ3n) is 4.20. The summed E-state index contributed by atoms with van der Waals surface area (Å²) in [6.45, 7) is 1.78. The zero-order valence-corrected chi connectivity index (χ0v) is 10.5. The van der Waals surface area contributed by atoms with Crippen molar-refractivity contribution in [3.63, 3.8) is 0 Å². The van der Waals surface area contributed by atoms with E-state index >= 15 is 0 Å². The molecule has 2 rings (SSSR count). The van der Waals surface area contributed by atoms with Crippen molar-refractivity contribution in [2.75, 3.05) is 14.2 Å². The number of rotatable bonds is 2. The number of allylic oxidation sites excluding steroid dienone is 2. The standard InChI is InChI=1S/C13H18O4/c1-8-10(16-2)7-13(11(8)14)6-4-5-9(13)12(15)17-3/h9H,4-7H2,1-3H3/t9-,13+/m1/s1. The molecule has 0 bridgehead atoms. The predicted molar refractivity (Wildman–Crippen MR) is 61.1 cm³/mol. The number of hydrogen-bond acceptors (Lipinski definition) is 4. The molecule has 0 aliphatic heterocycles. The van der Waals surface area contributed by atoms with E-state index in [1.807, 2.05) is 0 Å². The molecule has 0 unspecified atom stereocenters. The Hall–Kier alpha value is -1.32. The molecule has 2 aliphatic rings. The zero-order chi connectivity index (χ0) is 12.6. The molecule has 1 saturated carbocycles. The fourth-order valence-corrected chi connectivity index (χ4v) is 3.27. The molecule has 0 amide bonds. The molecule has 2 atom stereocenters. The number of ketones is 1. The average Bonchev–Trinajstić information content (AvgIpc) is 2.86. The number of methoxy groups -OCH3 is 2. The van der Waals surface area contributed by atoms with E-state index in [2.05, 4.69) is 0 Å². The Kier molecular flexibility index (Phi) is 2.98. The van der Waals surface area contributed by atoms with Crippen molar-refractivity contribution in [1.29, 1.82) is 0 Å². The first-order valence-corrected chi connectivity index (χ1v) is 5.93. The lowest BCUT2D eigenvalue weighted by Crippen LogP contribution is -2.36. The van der Waals surface area contributed by atoms with E-state index in [4.69, 9.17) is 9.47 Å².